The number of thiol groups is 1. The van der Waals surface area contributed by atoms with Crippen molar-refractivity contribution in [3.8, 4) is 0 Å². The van der Waals surface area contributed by atoms with Crippen LogP contribution in [0.25, 0.3) is 0 Å². The third kappa shape index (κ3) is 2.12. The van der Waals surface area contributed by atoms with Crippen LogP contribution in [-0.2, 0) is 0 Å². The van der Waals surface area contributed by atoms with E-state index < -0.39 is 0 Å². The highest BCUT2D eigenvalue weighted by atomic mass is 32.1. The maximum absolute atomic E-state index is 4.45. The van der Waals surface area contributed by atoms with Crippen molar-refractivity contribution in [2.75, 3.05) is 18.0 Å². The Morgan fingerprint density at radius 3 is 2.69 bits per heavy atom. The van der Waals surface area contributed by atoms with E-state index in [9.17, 15) is 0 Å². The second-order valence-electron chi connectivity index (χ2n) is 3.28. The van der Waals surface area contributed by atoms with Gasteiger partial charge in [0.2, 0.25) is 0 Å². The molecular weight excluding hydrogens is 182 g/mol. The first kappa shape index (κ1) is 8.81. The number of anilines is 1. The number of aromatic nitrogens is 2. The van der Waals surface area contributed by atoms with Crippen molar-refractivity contribution in [2.45, 2.75) is 18.1 Å². The molecule has 2 heterocycles. The van der Waals surface area contributed by atoms with Crippen LogP contribution in [0.15, 0.2) is 18.6 Å². The molecule has 1 fully saturated rings. The van der Waals surface area contributed by atoms with Gasteiger partial charge in [0.25, 0.3) is 0 Å². The van der Waals surface area contributed by atoms with E-state index in [1.165, 1.54) is 0 Å². The Bertz CT molecular complexity index is 257. The Morgan fingerprint density at radius 2 is 2.08 bits per heavy atom. The topological polar surface area (TPSA) is 29.0 Å². The third-order valence-electron chi connectivity index (χ3n) is 2.34. The minimum absolute atomic E-state index is 0.563. The summed E-state index contributed by atoms with van der Waals surface area (Å²) in [6.45, 7) is 2.10. The molecule has 1 aromatic rings. The highest BCUT2D eigenvalue weighted by Crippen LogP contribution is 2.19. The highest BCUT2D eigenvalue weighted by Gasteiger charge is 2.16. The fraction of sp³-hybridized carbons (Fsp3) is 0.556. The lowest BCUT2D eigenvalue weighted by atomic mass is 10.1. The molecule has 0 saturated carbocycles. The van der Waals surface area contributed by atoms with Crippen LogP contribution in [0.4, 0.5) is 5.82 Å². The summed E-state index contributed by atoms with van der Waals surface area (Å²) in [5, 5.41) is 0.563. The molecule has 70 valence electrons. The normalized spacial score (nSPS) is 19.0. The van der Waals surface area contributed by atoms with Crippen molar-refractivity contribution < 1.29 is 0 Å². The smallest absolute Gasteiger partial charge is 0.147 e. The Kier molecular flexibility index (Phi) is 2.68. The first-order chi connectivity index (χ1) is 6.36. The second-order valence-corrected chi connectivity index (χ2v) is 4.01. The van der Waals surface area contributed by atoms with Gasteiger partial charge in [-0.25, -0.2) is 4.98 Å². The Morgan fingerprint density at radius 1 is 1.31 bits per heavy atom. The third-order valence-corrected chi connectivity index (χ3v) is 2.85. The molecule has 0 radical (unpaired) electrons. The monoisotopic (exact) mass is 195 g/mol. The van der Waals surface area contributed by atoms with E-state index >= 15 is 0 Å². The standard InChI is InChI=1S/C9H13N3S/c13-8-1-5-12(6-2-8)9-7-10-3-4-11-9/h3-4,7-8,13H,1-2,5-6H2. The van der Waals surface area contributed by atoms with Gasteiger partial charge in [0, 0.05) is 30.7 Å². The van der Waals surface area contributed by atoms with Crippen LogP contribution in [0.1, 0.15) is 12.8 Å². The predicted octanol–water partition coefficient (Wildman–Crippen LogP) is 1.38. The molecule has 0 amide bonds. The fourth-order valence-corrected chi connectivity index (χ4v) is 1.78. The van der Waals surface area contributed by atoms with Crippen LogP contribution in [0.2, 0.25) is 0 Å². The first-order valence-corrected chi connectivity index (χ1v) is 5.07. The van der Waals surface area contributed by atoms with E-state index in [0.717, 1.165) is 31.7 Å². The zero-order valence-corrected chi connectivity index (χ0v) is 8.32. The second kappa shape index (κ2) is 3.96. The average molecular weight is 195 g/mol. The van der Waals surface area contributed by atoms with Gasteiger partial charge in [0.05, 0.1) is 6.20 Å². The summed E-state index contributed by atoms with van der Waals surface area (Å²) in [5.74, 6) is 0.989. The van der Waals surface area contributed by atoms with Crippen LogP contribution < -0.4 is 4.90 Å². The molecule has 0 spiro atoms. The lowest BCUT2D eigenvalue weighted by molar-refractivity contribution is 0.588. The molecule has 0 aromatic carbocycles. The summed E-state index contributed by atoms with van der Waals surface area (Å²) < 4.78 is 0. The van der Waals surface area contributed by atoms with Crippen LogP contribution >= 0.6 is 12.6 Å². The van der Waals surface area contributed by atoms with Gasteiger partial charge in [0.15, 0.2) is 0 Å². The molecule has 1 aromatic heterocycles. The van der Waals surface area contributed by atoms with Gasteiger partial charge in [-0.1, -0.05) is 0 Å². The molecular formula is C9H13N3S. The molecule has 0 N–H and O–H groups in total. The van der Waals surface area contributed by atoms with Gasteiger partial charge < -0.3 is 4.90 Å². The Balaban J connectivity index is 2.03. The molecule has 0 bridgehead atoms. The largest absolute Gasteiger partial charge is 0.355 e. The molecule has 1 saturated heterocycles. The lowest BCUT2D eigenvalue weighted by Gasteiger charge is -2.30. The van der Waals surface area contributed by atoms with Crippen molar-refractivity contribution in [1.29, 1.82) is 0 Å². The molecule has 0 aliphatic carbocycles. The molecule has 3 nitrogen and oxygen atoms in total. The predicted molar refractivity (Wildman–Crippen MR) is 56.3 cm³/mol. The van der Waals surface area contributed by atoms with Gasteiger partial charge in [-0.2, -0.15) is 12.6 Å². The quantitative estimate of drug-likeness (QED) is 0.686. The van der Waals surface area contributed by atoms with Gasteiger partial charge in [0.1, 0.15) is 5.82 Å². The van der Waals surface area contributed by atoms with Crippen molar-refractivity contribution >= 4 is 18.4 Å². The molecule has 1 aliphatic rings. The lowest BCUT2D eigenvalue weighted by Crippen LogP contribution is -2.34. The molecule has 13 heavy (non-hydrogen) atoms. The van der Waals surface area contributed by atoms with Crippen LogP contribution in [0.5, 0.6) is 0 Å². The summed E-state index contributed by atoms with van der Waals surface area (Å²) in [4.78, 5) is 10.6. The van der Waals surface area contributed by atoms with Crippen LogP contribution in [0.3, 0.4) is 0 Å². The van der Waals surface area contributed by atoms with Crippen LogP contribution in [-0.4, -0.2) is 28.3 Å². The highest BCUT2D eigenvalue weighted by molar-refractivity contribution is 7.80. The summed E-state index contributed by atoms with van der Waals surface area (Å²) >= 11 is 4.45. The molecule has 1 aliphatic heterocycles. The molecule has 2 rings (SSSR count). The maximum Gasteiger partial charge on any atom is 0.147 e. The maximum atomic E-state index is 4.45. The van der Waals surface area contributed by atoms with E-state index in [2.05, 4.69) is 27.5 Å². The average Bonchev–Trinajstić information content (AvgIpc) is 2.20. The number of hydrogen-bond donors (Lipinski definition) is 1. The Hall–Kier alpha value is -0.770. The van der Waals surface area contributed by atoms with Crippen molar-refractivity contribution in [3.05, 3.63) is 18.6 Å². The molecule has 0 unspecified atom stereocenters. The Labute approximate surface area is 83.6 Å². The van der Waals surface area contributed by atoms with E-state index in [4.69, 9.17) is 0 Å². The zero-order valence-electron chi connectivity index (χ0n) is 7.43. The number of piperidine rings is 1. The van der Waals surface area contributed by atoms with E-state index in [1.807, 2.05) is 6.20 Å². The van der Waals surface area contributed by atoms with Crippen molar-refractivity contribution in [1.82, 2.24) is 9.97 Å². The first-order valence-electron chi connectivity index (χ1n) is 4.55. The fourth-order valence-electron chi connectivity index (χ4n) is 1.55. The molecule has 4 heteroatoms. The number of rotatable bonds is 1. The van der Waals surface area contributed by atoms with Crippen molar-refractivity contribution in [2.24, 2.45) is 0 Å². The summed E-state index contributed by atoms with van der Waals surface area (Å²) in [6, 6.07) is 0. The van der Waals surface area contributed by atoms with Crippen LogP contribution in [0, 0.1) is 0 Å². The van der Waals surface area contributed by atoms with E-state index in [1.54, 1.807) is 12.4 Å². The van der Waals surface area contributed by atoms with Gasteiger partial charge in [-0.15, -0.1) is 0 Å². The van der Waals surface area contributed by atoms with E-state index in [-0.39, 0.29) is 0 Å². The molecule has 0 atom stereocenters. The van der Waals surface area contributed by atoms with E-state index in [0.29, 0.717) is 5.25 Å². The van der Waals surface area contributed by atoms with Gasteiger partial charge in [-0.05, 0) is 12.8 Å². The SMILES string of the molecule is SC1CCN(c2cnccn2)CC1. The minimum Gasteiger partial charge on any atom is -0.355 e. The minimum atomic E-state index is 0.563. The summed E-state index contributed by atoms with van der Waals surface area (Å²) in [5.41, 5.74) is 0. The van der Waals surface area contributed by atoms with Gasteiger partial charge in [-0.3, -0.25) is 4.98 Å². The van der Waals surface area contributed by atoms with Crippen molar-refractivity contribution in [3.63, 3.8) is 0 Å². The van der Waals surface area contributed by atoms with Gasteiger partial charge >= 0.3 is 0 Å². The number of nitrogens with zero attached hydrogens (tertiary/aromatic N) is 3. The zero-order chi connectivity index (χ0) is 9.10. The number of hydrogen-bond acceptors (Lipinski definition) is 4. The summed E-state index contributed by atoms with van der Waals surface area (Å²) in [6.07, 6.45) is 7.54. The summed E-state index contributed by atoms with van der Waals surface area (Å²) in [7, 11) is 0.